The Morgan fingerprint density at radius 2 is 1.46 bits per heavy atom. The first-order valence-electron chi connectivity index (χ1n) is 9.29. The monoisotopic (exact) mass is 313 g/mol. The van der Waals surface area contributed by atoms with Gasteiger partial charge in [-0.15, -0.1) is 0 Å². The minimum atomic E-state index is 1.05. The number of rotatable bonds is 1. The van der Waals surface area contributed by atoms with E-state index in [0.29, 0.717) is 0 Å². The molecule has 0 spiro atoms. The number of fused-ring (bicyclic) bond motifs is 5. The van der Waals surface area contributed by atoms with Gasteiger partial charge in [0, 0.05) is 24.4 Å². The van der Waals surface area contributed by atoms with Crippen LogP contribution in [0, 0.1) is 0 Å². The van der Waals surface area contributed by atoms with E-state index in [1.165, 1.54) is 70.7 Å². The minimum absolute atomic E-state index is 1.05. The van der Waals surface area contributed by atoms with Crippen molar-refractivity contribution in [2.24, 2.45) is 0 Å². The van der Waals surface area contributed by atoms with Crippen molar-refractivity contribution in [1.29, 1.82) is 0 Å². The average Bonchev–Trinajstić information content (AvgIpc) is 2.67. The molecule has 3 aliphatic rings. The Hall–Kier alpha value is -2.28. The van der Waals surface area contributed by atoms with Crippen molar-refractivity contribution in [3.05, 3.63) is 64.0 Å². The summed E-state index contributed by atoms with van der Waals surface area (Å²) < 4.78 is 0. The molecule has 0 amide bonds. The third kappa shape index (κ3) is 2.15. The lowest BCUT2D eigenvalue weighted by atomic mass is 9.87. The van der Waals surface area contributed by atoms with Gasteiger partial charge in [0.05, 0.1) is 0 Å². The molecule has 1 heterocycles. The lowest BCUT2D eigenvalue weighted by Crippen LogP contribution is -2.37. The number of likely N-dealkylation sites (tertiary alicyclic amines) is 1. The average molecular weight is 313 g/mol. The van der Waals surface area contributed by atoms with Crippen LogP contribution in [0.15, 0.2) is 42.5 Å². The van der Waals surface area contributed by atoms with Crippen LogP contribution < -0.4 is 10.4 Å². The highest BCUT2D eigenvalue weighted by Crippen LogP contribution is 2.28. The van der Waals surface area contributed by atoms with Crippen LogP contribution in [0.1, 0.15) is 36.8 Å². The summed E-state index contributed by atoms with van der Waals surface area (Å²) in [6, 6.07) is 13.6. The van der Waals surface area contributed by atoms with Crippen LogP contribution in [-0.4, -0.2) is 18.0 Å². The lowest BCUT2D eigenvalue weighted by Gasteiger charge is -2.33. The van der Waals surface area contributed by atoms with E-state index < -0.39 is 0 Å². The molecule has 1 saturated heterocycles. The van der Waals surface area contributed by atoms with Gasteiger partial charge in [-0.05, 0) is 59.2 Å². The van der Waals surface area contributed by atoms with Crippen molar-refractivity contribution in [3.8, 4) is 11.1 Å². The standard InChI is InChI=1S/C23H23N/c1-4-15-24(16-5-1)23-10-6-9-19-21-12-11-17-7-2-3-8-18(17)20(21)13-14-22(19)23/h2-3,7-10,12-14H,1,4-6,11,15-16H2. The van der Waals surface area contributed by atoms with Crippen LogP contribution in [0.4, 0.5) is 0 Å². The van der Waals surface area contributed by atoms with Crippen molar-refractivity contribution in [1.82, 2.24) is 4.90 Å². The highest BCUT2D eigenvalue weighted by molar-refractivity contribution is 5.78. The topological polar surface area (TPSA) is 3.24 Å². The maximum absolute atomic E-state index is 2.61. The molecular weight excluding hydrogens is 290 g/mol. The fraction of sp³-hybridized carbons (Fsp3) is 0.304. The second-order valence-corrected chi connectivity index (χ2v) is 7.13. The van der Waals surface area contributed by atoms with Gasteiger partial charge in [0.15, 0.2) is 0 Å². The van der Waals surface area contributed by atoms with Gasteiger partial charge in [0.1, 0.15) is 0 Å². The third-order valence-corrected chi connectivity index (χ3v) is 5.73. The molecule has 1 heteroatoms. The van der Waals surface area contributed by atoms with Gasteiger partial charge in [0.25, 0.3) is 0 Å². The number of hydrogen-bond donors (Lipinski definition) is 0. The molecule has 24 heavy (non-hydrogen) atoms. The van der Waals surface area contributed by atoms with Gasteiger partial charge in [-0.2, -0.15) is 0 Å². The van der Waals surface area contributed by atoms with Crippen LogP contribution in [-0.2, 0) is 6.42 Å². The van der Waals surface area contributed by atoms with Crippen LogP contribution in [0.2, 0.25) is 0 Å². The maximum Gasteiger partial charge on any atom is 0.0408 e. The molecular formula is C23H23N. The SMILES string of the molecule is C1=C(N2CCCCC2)c2ccc3c(c2=CC1)=CCc1ccccc1-3. The summed E-state index contributed by atoms with van der Waals surface area (Å²) in [5.41, 5.74) is 7.19. The van der Waals surface area contributed by atoms with Gasteiger partial charge in [-0.3, -0.25) is 0 Å². The van der Waals surface area contributed by atoms with E-state index in [4.69, 9.17) is 0 Å². The molecule has 1 aliphatic heterocycles. The third-order valence-electron chi connectivity index (χ3n) is 5.73. The molecule has 1 fully saturated rings. The van der Waals surface area contributed by atoms with Crippen molar-refractivity contribution in [2.75, 3.05) is 13.1 Å². The number of nitrogens with zero attached hydrogens (tertiary/aromatic N) is 1. The molecule has 2 aromatic carbocycles. The molecule has 0 saturated carbocycles. The second kappa shape index (κ2) is 5.66. The zero-order chi connectivity index (χ0) is 15.9. The Balaban J connectivity index is 1.67. The Morgan fingerprint density at radius 1 is 0.667 bits per heavy atom. The second-order valence-electron chi connectivity index (χ2n) is 7.13. The zero-order valence-corrected chi connectivity index (χ0v) is 14.1. The first-order valence-corrected chi connectivity index (χ1v) is 9.29. The summed E-state index contributed by atoms with van der Waals surface area (Å²) in [5.74, 6) is 0. The maximum atomic E-state index is 2.61. The van der Waals surface area contributed by atoms with E-state index in [9.17, 15) is 0 Å². The quantitative estimate of drug-likeness (QED) is 0.776. The van der Waals surface area contributed by atoms with Crippen molar-refractivity contribution in [2.45, 2.75) is 32.1 Å². The van der Waals surface area contributed by atoms with Crippen molar-refractivity contribution < 1.29 is 0 Å². The molecule has 0 unspecified atom stereocenters. The van der Waals surface area contributed by atoms with E-state index in [-0.39, 0.29) is 0 Å². The lowest BCUT2D eigenvalue weighted by molar-refractivity contribution is 0.325. The largest absolute Gasteiger partial charge is 0.371 e. The molecule has 0 atom stereocenters. The van der Waals surface area contributed by atoms with Crippen molar-refractivity contribution in [3.63, 3.8) is 0 Å². The highest BCUT2D eigenvalue weighted by atomic mass is 15.1. The fourth-order valence-corrected chi connectivity index (χ4v) is 4.54. The minimum Gasteiger partial charge on any atom is -0.371 e. The van der Waals surface area contributed by atoms with Crippen molar-refractivity contribution >= 4 is 17.8 Å². The summed E-state index contributed by atoms with van der Waals surface area (Å²) in [7, 11) is 0. The van der Waals surface area contributed by atoms with Crippen LogP contribution in [0.3, 0.4) is 0 Å². The summed E-state index contributed by atoms with van der Waals surface area (Å²) >= 11 is 0. The van der Waals surface area contributed by atoms with E-state index >= 15 is 0 Å². The normalized spacial score (nSPS) is 18.5. The molecule has 2 aliphatic carbocycles. The molecule has 120 valence electrons. The molecule has 0 radical (unpaired) electrons. The zero-order valence-electron chi connectivity index (χ0n) is 14.1. The Kier molecular flexibility index (Phi) is 3.33. The fourth-order valence-electron chi connectivity index (χ4n) is 4.54. The molecule has 0 aromatic heterocycles. The van der Waals surface area contributed by atoms with Gasteiger partial charge < -0.3 is 4.90 Å². The van der Waals surface area contributed by atoms with Gasteiger partial charge >= 0.3 is 0 Å². The number of allylic oxidation sites excluding steroid dienone is 1. The molecule has 2 aromatic rings. The Bertz CT molecular complexity index is 942. The van der Waals surface area contributed by atoms with Crippen LogP contribution in [0.5, 0.6) is 0 Å². The van der Waals surface area contributed by atoms with Crippen LogP contribution in [0.25, 0.3) is 29.0 Å². The summed E-state index contributed by atoms with van der Waals surface area (Å²) in [6.07, 6.45) is 13.5. The van der Waals surface area contributed by atoms with Gasteiger partial charge in [-0.25, -0.2) is 0 Å². The summed E-state index contributed by atoms with van der Waals surface area (Å²) in [6.45, 7) is 2.43. The van der Waals surface area contributed by atoms with E-state index in [1.54, 1.807) is 0 Å². The van der Waals surface area contributed by atoms with Gasteiger partial charge in [-0.1, -0.05) is 54.6 Å². The first kappa shape index (κ1) is 14.1. The summed E-state index contributed by atoms with van der Waals surface area (Å²) in [5, 5.41) is 2.92. The van der Waals surface area contributed by atoms with E-state index in [0.717, 1.165) is 12.8 Å². The predicted molar refractivity (Wildman–Crippen MR) is 102 cm³/mol. The highest BCUT2D eigenvalue weighted by Gasteiger charge is 2.19. The number of hydrogen-bond acceptors (Lipinski definition) is 1. The molecule has 0 bridgehead atoms. The number of benzene rings is 2. The predicted octanol–water partition coefficient (Wildman–Crippen LogP) is 3.70. The molecule has 5 rings (SSSR count). The van der Waals surface area contributed by atoms with E-state index in [1.807, 2.05) is 0 Å². The Morgan fingerprint density at radius 3 is 2.38 bits per heavy atom. The molecule has 1 nitrogen and oxygen atoms in total. The first-order chi connectivity index (χ1) is 11.9. The smallest absolute Gasteiger partial charge is 0.0408 e. The summed E-state index contributed by atoms with van der Waals surface area (Å²) in [4.78, 5) is 2.61. The Labute approximate surface area is 143 Å². The van der Waals surface area contributed by atoms with E-state index in [2.05, 4.69) is 59.5 Å². The van der Waals surface area contributed by atoms with Crippen LogP contribution >= 0.6 is 0 Å². The van der Waals surface area contributed by atoms with Gasteiger partial charge in [0.2, 0.25) is 0 Å². The number of piperidine rings is 1. The molecule has 0 N–H and O–H groups in total.